The highest BCUT2D eigenvalue weighted by Gasteiger charge is 2.22. The van der Waals surface area contributed by atoms with Crippen LogP contribution >= 0.6 is 11.3 Å². The van der Waals surface area contributed by atoms with Gasteiger partial charge >= 0.3 is 0 Å². The number of anilines is 1. The summed E-state index contributed by atoms with van der Waals surface area (Å²) in [4.78, 5) is 5.86. The SMILES string of the molecule is Cc1ccc2c(c1)CCC2CNc1nc(C)c(C)s1. The van der Waals surface area contributed by atoms with E-state index in [4.69, 9.17) is 0 Å². The van der Waals surface area contributed by atoms with Crippen molar-refractivity contribution in [3.8, 4) is 0 Å². The molecule has 1 aliphatic carbocycles. The Morgan fingerprint density at radius 1 is 1.32 bits per heavy atom. The summed E-state index contributed by atoms with van der Waals surface area (Å²) in [5.41, 5.74) is 5.59. The van der Waals surface area contributed by atoms with Crippen molar-refractivity contribution in [2.75, 3.05) is 11.9 Å². The largest absolute Gasteiger partial charge is 0.361 e. The lowest BCUT2D eigenvalue weighted by atomic mass is 10.0. The predicted molar refractivity (Wildman–Crippen MR) is 82.3 cm³/mol. The molecule has 1 unspecified atom stereocenters. The number of nitrogens with one attached hydrogen (secondary N) is 1. The highest BCUT2D eigenvalue weighted by molar-refractivity contribution is 7.15. The fourth-order valence-electron chi connectivity index (χ4n) is 2.81. The second kappa shape index (κ2) is 4.97. The number of thiazole rings is 1. The highest BCUT2D eigenvalue weighted by Crippen LogP contribution is 2.34. The fraction of sp³-hybridized carbons (Fsp3) is 0.438. The number of fused-ring (bicyclic) bond motifs is 1. The molecular formula is C16H20N2S. The van der Waals surface area contributed by atoms with Crippen LogP contribution in [-0.4, -0.2) is 11.5 Å². The molecule has 0 saturated heterocycles. The van der Waals surface area contributed by atoms with Crippen LogP contribution in [0.25, 0.3) is 0 Å². The summed E-state index contributed by atoms with van der Waals surface area (Å²) in [6.07, 6.45) is 2.48. The van der Waals surface area contributed by atoms with Gasteiger partial charge in [0.05, 0.1) is 5.69 Å². The first-order valence-electron chi connectivity index (χ1n) is 6.91. The van der Waals surface area contributed by atoms with Gasteiger partial charge in [0.25, 0.3) is 0 Å². The average molecular weight is 272 g/mol. The number of aryl methyl sites for hydroxylation is 4. The van der Waals surface area contributed by atoms with Crippen molar-refractivity contribution in [2.45, 2.75) is 39.5 Å². The average Bonchev–Trinajstić information content (AvgIpc) is 2.91. The second-order valence-electron chi connectivity index (χ2n) is 5.48. The molecule has 1 aromatic heterocycles. The van der Waals surface area contributed by atoms with E-state index in [1.807, 2.05) is 0 Å². The maximum atomic E-state index is 4.55. The van der Waals surface area contributed by atoms with Crippen molar-refractivity contribution in [3.63, 3.8) is 0 Å². The first-order valence-corrected chi connectivity index (χ1v) is 7.72. The minimum atomic E-state index is 0.639. The van der Waals surface area contributed by atoms with Crippen molar-refractivity contribution in [3.05, 3.63) is 45.5 Å². The maximum absolute atomic E-state index is 4.55. The van der Waals surface area contributed by atoms with Gasteiger partial charge in [-0.3, -0.25) is 0 Å². The van der Waals surface area contributed by atoms with Gasteiger partial charge in [0.15, 0.2) is 5.13 Å². The van der Waals surface area contributed by atoms with E-state index >= 15 is 0 Å². The molecule has 0 bridgehead atoms. The molecule has 1 heterocycles. The standard InChI is InChI=1S/C16H20N2S/c1-10-4-7-15-13(8-10)5-6-14(15)9-17-16-18-11(2)12(3)19-16/h4,7-8,14H,5-6,9H2,1-3H3,(H,17,18). The molecular weight excluding hydrogens is 252 g/mol. The normalized spacial score (nSPS) is 17.5. The fourth-order valence-corrected chi connectivity index (χ4v) is 3.63. The van der Waals surface area contributed by atoms with E-state index in [1.165, 1.54) is 28.8 Å². The quantitative estimate of drug-likeness (QED) is 0.905. The van der Waals surface area contributed by atoms with Crippen LogP contribution in [0.1, 0.15) is 39.6 Å². The predicted octanol–water partition coefficient (Wildman–Crippen LogP) is 4.21. The van der Waals surface area contributed by atoms with Crippen molar-refractivity contribution in [2.24, 2.45) is 0 Å². The number of hydrogen-bond donors (Lipinski definition) is 1. The van der Waals surface area contributed by atoms with Gasteiger partial charge in [0, 0.05) is 17.3 Å². The smallest absolute Gasteiger partial charge is 0.183 e. The van der Waals surface area contributed by atoms with Crippen LogP contribution in [0.3, 0.4) is 0 Å². The van der Waals surface area contributed by atoms with Crippen molar-refractivity contribution >= 4 is 16.5 Å². The maximum Gasteiger partial charge on any atom is 0.183 e. The Hall–Kier alpha value is -1.35. The molecule has 0 aliphatic heterocycles. The third-order valence-electron chi connectivity index (χ3n) is 4.03. The topological polar surface area (TPSA) is 24.9 Å². The Kier molecular flexibility index (Phi) is 3.31. The Labute approximate surface area is 118 Å². The van der Waals surface area contributed by atoms with E-state index in [0.29, 0.717) is 5.92 Å². The van der Waals surface area contributed by atoms with Gasteiger partial charge in [-0.05, 0) is 44.7 Å². The lowest BCUT2D eigenvalue weighted by Crippen LogP contribution is -2.10. The molecule has 3 heteroatoms. The van der Waals surface area contributed by atoms with Gasteiger partial charge in [-0.25, -0.2) is 4.98 Å². The minimum Gasteiger partial charge on any atom is -0.361 e. The number of aromatic nitrogens is 1. The van der Waals surface area contributed by atoms with Crippen LogP contribution in [0.2, 0.25) is 0 Å². The van der Waals surface area contributed by atoms with Crippen molar-refractivity contribution in [1.29, 1.82) is 0 Å². The van der Waals surface area contributed by atoms with Crippen LogP contribution in [0, 0.1) is 20.8 Å². The molecule has 1 N–H and O–H groups in total. The van der Waals surface area contributed by atoms with Gasteiger partial charge < -0.3 is 5.32 Å². The van der Waals surface area contributed by atoms with E-state index in [0.717, 1.165) is 17.4 Å². The van der Waals surface area contributed by atoms with Crippen LogP contribution in [-0.2, 0) is 6.42 Å². The van der Waals surface area contributed by atoms with Crippen molar-refractivity contribution < 1.29 is 0 Å². The molecule has 19 heavy (non-hydrogen) atoms. The number of rotatable bonds is 3. The molecule has 0 amide bonds. The summed E-state index contributed by atoms with van der Waals surface area (Å²) in [6.45, 7) is 7.38. The monoisotopic (exact) mass is 272 g/mol. The van der Waals surface area contributed by atoms with Gasteiger partial charge in [-0.1, -0.05) is 23.8 Å². The van der Waals surface area contributed by atoms with Gasteiger partial charge in [-0.15, -0.1) is 11.3 Å². The lowest BCUT2D eigenvalue weighted by molar-refractivity contribution is 0.708. The zero-order valence-corrected chi connectivity index (χ0v) is 12.6. The van der Waals surface area contributed by atoms with Crippen LogP contribution < -0.4 is 5.32 Å². The Bertz CT molecular complexity index is 581. The van der Waals surface area contributed by atoms with E-state index in [9.17, 15) is 0 Å². The third kappa shape index (κ3) is 2.52. The molecule has 0 saturated carbocycles. The number of benzene rings is 1. The number of hydrogen-bond acceptors (Lipinski definition) is 3. The molecule has 0 fully saturated rings. The molecule has 0 spiro atoms. The van der Waals surface area contributed by atoms with E-state index < -0.39 is 0 Å². The first kappa shape index (κ1) is 12.7. The van der Waals surface area contributed by atoms with E-state index in [1.54, 1.807) is 16.9 Å². The Morgan fingerprint density at radius 2 is 2.16 bits per heavy atom. The summed E-state index contributed by atoms with van der Waals surface area (Å²) in [6, 6.07) is 6.88. The molecule has 2 nitrogen and oxygen atoms in total. The Balaban J connectivity index is 1.70. The molecule has 1 atom stereocenters. The molecule has 100 valence electrons. The zero-order chi connectivity index (χ0) is 13.4. The first-order chi connectivity index (χ1) is 9.13. The summed E-state index contributed by atoms with van der Waals surface area (Å²) >= 11 is 1.76. The molecule has 2 aromatic rings. The van der Waals surface area contributed by atoms with Gasteiger partial charge in [-0.2, -0.15) is 0 Å². The minimum absolute atomic E-state index is 0.639. The van der Waals surface area contributed by atoms with Gasteiger partial charge in [0.1, 0.15) is 0 Å². The second-order valence-corrected chi connectivity index (χ2v) is 6.68. The summed E-state index contributed by atoms with van der Waals surface area (Å²) in [5.74, 6) is 0.639. The van der Waals surface area contributed by atoms with E-state index in [-0.39, 0.29) is 0 Å². The van der Waals surface area contributed by atoms with Crippen LogP contribution in [0.4, 0.5) is 5.13 Å². The van der Waals surface area contributed by atoms with Gasteiger partial charge in [0.2, 0.25) is 0 Å². The molecule has 0 radical (unpaired) electrons. The van der Waals surface area contributed by atoms with Crippen molar-refractivity contribution in [1.82, 2.24) is 4.98 Å². The highest BCUT2D eigenvalue weighted by atomic mass is 32.1. The van der Waals surface area contributed by atoms with E-state index in [2.05, 4.69) is 49.3 Å². The molecule has 3 rings (SSSR count). The summed E-state index contributed by atoms with van der Waals surface area (Å²) < 4.78 is 0. The number of nitrogens with zero attached hydrogens (tertiary/aromatic N) is 1. The molecule has 1 aromatic carbocycles. The Morgan fingerprint density at radius 3 is 2.89 bits per heavy atom. The summed E-state index contributed by atoms with van der Waals surface area (Å²) in [7, 11) is 0. The van der Waals surface area contributed by atoms with Crippen LogP contribution in [0.15, 0.2) is 18.2 Å². The summed E-state index contributed by atoms with van der Waals surface area (Å²) in [5, 5.41) is 4.58. The zero-order valence-electron chi connectivity index (χ0n) is 11.8. The van der Waals surface area contributed by atoms with Crippen LogP contribution in [0.5, 0.6) is 0 Å². The lowest BCUT2D eigenvalue weighted by Gasteiger charge is -2.12. The third-order valence-corrected chi connectivity index (χ3v) is 5.06. The molecule has 1 aliphatic rings.